The van der Waals surface area contributed by atoms with Crippen molar-refractivity contribution in [3.8, 4) is 0 Å². The molecule has 0 aliphatic heterocycles. The van der Waals surface area contributed by atoms with Crippen LogP contribution in [0.1, 0.15) is 34.1 Å². The van der Waals surface area contributed by atoms with E-state index in [-0.39, 0.29) is 11.8 Å². The van der Waals surface area contributed by atoms with Crippen LogP contribution in [0.4, 0.5) is 11.4 Å². The Kier molecular flexibility index (Phi) is 5.58. The van der Waals surface area contributed by atoms with E-state index in [9.17, 15) is 9.59 Å². The first kappa shape index (κ1) is 20.4. The van der Waals surface area contributed by atoms with E-state index >= 15 is 0 Å². The van der Waals surface area contributed by atoms with Gasteiger partial charge in [0.2, 0.25) is 5.91 Å². The number of rotatable bonds is 5. The SMILES string of the molecule is CC(=O)Nc1ccc2c(c1)cc(C(=O)Nc1ccccc1)n2Cc1cc(C)ccc1C. The lowest BCUT2D eigenvalue weighted by molar-refractivity contribution is -0.114. The second-order valence-electron chi connectivity index (χ2n) is 7.82. The smallest absolute Gasteiger partial charge is 0.272 e. The maximum absolute atomic E-state index is 13.2. The van der Waals surface area contributed by atoms with E-state index in [2.05, 4.69) is 42.7 Å². The number of aromatic nitrogens is 1. The van der Waals surface area contributed by atoms with Gasteiger partial charge in [-0.3, -0.25) is 9.59 Å². The third kappa shape index (κ3) is 4.51. The molecule has 0 atom stereocenters. The molecular weight excluding hydrogens is 386 g/mol. The number of amides is 2. The van der Waals surface area contributed by atoms with E-state index in [0.29, 0.717) is 17.9 Å². The summed E-state index contributed by atoms with van der Waals surface area (Å²) in [7, 11) is 0. The summed E-state index contributed by atoms with van der Waals surface area (Å²) in [5.41, 5.74) is 6.48. The van der Waals surface area contributed by atoms with Crippen molar-refractivity contribution in [1.82, 2.24) is 4.57 Å². The van der Waals surface area contributed by atoms with Gasteiger partial charge in [0.15, 0.2) is 0 Å². The number of hydrogen-bond donors (Lipinski definition) is 2. The van der Waals surface area contributed by atoms with Gasteiger partial charge in [0.25, 0.3) is 5.91 Å². The normalized spacial score (nSPS) is 10.8. The molecule has 5 nitrogen and oxygen atoms in total. The number of benzene rings is 3. The second kappa shape index (κ2) is 8.48. The Labute approximate surface area is 181 Å². The van der Waals surface area contributed by atoms with Crippen molar-refractivity contribution in [1.29, 1.82) is 0 Å². The number of hydrogen-bond acceptors (Lipinski definition) is 2. The van der Waals surface area contributed by atoms with Crippen LogP contribution >= 0.6 is 0 Å². The highest BCUT2D eigenvalue weighted by Gasteiger charge is 2.17. The molecule has 31 heavy (non-hydrogen) atoms. The molecule has 0 bridgehead atoms. The Morgan fingerprint density at radius 2 is 1.61 bits per heavy atom. The van der Waals surface area contributed by atoms with Crippen LogP contribution in [0.2, 0.25) is 0 Å². The molecular formula is C26H25N3O2. The number of carbonyl (C=O) groups is 2. The van der Waals surface area contributed by atoms with Gasteiger partial charge in [0.05, 0.1) is 0 Å². The molecule has 3 aromatic carbocycles. The highest BCUT2D eigenvalue weighted by Crippen LogP contribution is 2.26. The Balaban J connectivity index is 1.80. The number of nitrogens with zero attached hydrogens (tertiary/aromatic N) is 1. The summed E-state index contributed by atoms with van der Waals surface area (Å²) < 4.78 is 2.03. The van der Waals surface area contributed by atoms with Crippen LogP contribution < -0.4 is 10.6 Å². The average molecular weight is 412 g/mol. The molecule has 0 aliphatic carbocycles. The monoisotopic (exact) mass is 411 g/mol. The van der Waals surface area contributed by atoms with Crippen molar-refractivity contribution >= 4 is 34.1 Å². The van der Waals surface area contributed by atoms with E-state index in [1.165, 1.54) is 18.1 Å². The van der Waals surface area contributed by atoms with E-state index in [4.69, 9.17) is 0 Å². The first-order valence-electron chi connectivity index (χ1n) is 10.2. The molecule has 4 aromatic rings. The van der Waals surface area contributed by atoms with Crippen molar-refractivity contribution in [3.05, 3.63) is 95.2 Å². The minimum absolute atomic E-state index is 0.129. The minimum Gasteiger partial charge on any atom is -0.332 e. The van der Waals surface area contributed by atoms with Gasteiger partial charge in [-0.25, -0.2) is 0 Å². The maximum atomic E-state index is 13.2. The number of fused-ring (bicyclic) bond motifs is 1. The standard InChI is InChI=1S/C26H25N3O2/c1-17-9-10-18(2)21(13-17)16-29-24-12-11-23(27-19(3)30)14-20(24)15-25(29)26(31)28-22-7-5-4-6-8-22/h4-15H,16H2,1-3H3,(H,27,30)(H,28,31). The summed E-state index contributed by atoms with van der Waals surface area (Å²) in [6, 6.07) is 23.4. The average Bonchev–Trinajstić information content (AvgIpc) is 3.09. The first-order chi connectivity index (χ1) is 14.9. The Morgan fingerprint density at radius 1 is 0.839 bits per heavy atom. The molecule has 0 fully saturated rings. The summed E-state index contributed by atoms with van der Waals surface area (Å²) in [6.45, 7) is 6.21. The van der Waals surface area contributed by atoms with Crippen molar-refractivity contribution in [2.24, 2.45) is 0 Å². The van der Waals surface area contributed by atoms with Gasteiger partial charge < -0.3 is 15.2 Å². The highest BCUT2D eigenvalue weighted by molar-refractivity contribution is 6.07. The Hall–Kier alpha value is -3.86. The third-order valence-electron chi connectivity index (χ3n) is 5.32. The molecule has 0 spiro atoms. The van der Waals surface area contributed by atoms with Gasteiger partial charge in [-0.15, -0.1) is 0 Å². The van der Waals surface area contributed by atoms with Crippen LogP contribution in [0.5, 0.6) is 0 Å². The van der Waals surface area contributed by atoms with Crippen LogP contribution in [0.15, 0.2) is 72.8 Å². The van der Waals surface area contributed by atoms with Gasteiger partial charge in [0.1, 0.15) is 5.69 Å². The molecule has 0 saturated carbocycles. The van der Waals surface area contributed by atoms with Crippen LogP contribution in [0.3, 0.4) is 0 Å². The van der Waals surface area contributed by atoms with Crippen molar-refractivity contribution in [2.45, 2.75) is 27.3 Å². The number of carbonyl (C=O) groups excluding carboxylic acids is 2. The molecule has 156 valence electrons. The quantitative estimate of drug-likeness (QED) is 0.454. The molecule has 0 unspecified atom stereocenters. The fraction of sp³-hybridized carbons (Fsp3) is 0.154. The van der Waals surface area contributed by atoms with Gasteiger partial charge >= 0.3 is 0 Å². The molecule has 0 saturated heterocycles. The van der Waals surface area contributed by atoms with Crippen molar-refractivity contribution in [3.63, 3.8) is 0 Å². The fourth-order valence-corrected chi connectivity index (χ4v) is 3.77. The summed E-state index contributed by atoms with van der Waals surface area (Å²) in [6.07, 6.45) is 0. The molecule has 4 rings (SSSR count). The highest BCUT2D eigenvalue weighted by atomic mass is 16.2. The van der Waals surface area contributed by atoms with E-state index in [1.54, 1.807) is 0 Å². The molecule has 2 amide bonds. The fourth-order valence-electron chi connectivity index (χ4n) is 3.77. The molecule has 5 heteroatoms. The Bertz CT molecular complexity index is 1270. The van der Waals surface area contributed by atoms with Gasteiger partial charge in [-0.2, -0.15) is 0 Å². The second-order valence-corrected chi connectivity index (χ2v) is 7.82. The zero-order valence-corrected chi connectivity index (χ0v) is 17.9. The van der Waals surface area contributed by atoms with E-state index < -0.39 is 0 Å². The van der Waals surface area contributed by atoms with Gasteiger partial charge in [0, 0.05) is 35.7 Å². The van der Waals surface area contributed by atoms with Crippen LogP contribution in [0.25, 0.3) is 10.9 Å². The first-order valence-corrected chi connectivity index (χ1v) is 10.2. The molecule has 1 heterocycles. The van der Waals surface area contributed by atoms with E-state index in [1.807, 2.05) is 59.2 Å². The van der Waals surface area contributed by atoms with Crippen LogP contribution in [-0.2, 0) is 11.3 Å². The predicted molar refractivity (Wildman–Crippen MR) is 126 cm³/mol. The molecule has 0 aliphatic rings. The van der Waals surface area contributed by atoms with E-state index in [0.717, 1.165) is 22.2 Å². The van der Waals surface area contributed by atoms with Crippen molar-refractivity contribution in [2.75, 3.05) is 10.6 Å². The third-order valence-corrected chi connectivity index (χ3v) is 5.32. The number of aryl methyl sites for hydroxylation is 2. The lowest BCUT2D eigenvalue weighted by atomic mass is 10.1. The summed E-state index contributed by atoms with van der Waals surface area (Å²) in [5.74, 6) is -0.301. The Morgan fingerprint density at radius 3 is 2.35 bits per heavy atom. The van der Waals surface area contributed by atoms with Crippen LogP contribution in [0, 0.1) is 13.8 Å². The number of para-hydroxylation sites is 1. The summed E-state index contributed by atoms with van der Waals surface area (Å²) in [4.78, 5) is 24.7. The summed E-state index contributed by atoms with van der Waals surface area (Å²) >= 11 is 0. The largest absolute Gasteiger partial charge is 0.332 e. The van der Waals surface area contributed by atoms with Crippen LogP contribution in [-0.4, -0.2) is 16.4 Å². The number of nitrogens with one attached hydrogen (secondary N) is 2. The number of anilines is 2. The molecule has 1 aromatic heterocycles. The lowest BCUT2D eigenvalue weighted by Gasteiger charge is -2.14. The minimum atomic E-state index is -0.172. The summed E-state index contributed by atoms with van der Waals surface area (Å²) in [5, 5.41) is 6.70. The molecule has 0 radical (unpaired) electrons. The topological polar surface area (TPSA) is 63.1 Å². The van der Waals surface area contributed by atoms with Crippen molar-refractivity contribution < 1.29 is 9.59 Å². The van der Waals surface area contributed by atoms with Gasteiger partial charge in [-0.05, 0) is 61.4 Å². The zero-order chi connectivity index (χ0) is 22.0. The van der Waals surface area contributed by atoms with Gasteiger partial charge in [-0.1, -0.05) is 42.0 Å². The lowest BCUT2D eigenvalue weighted by Crippen LogP contribution is -2.17. The zero-order valence-electron chi connectivity index (χ0n) is 17.9. The maximum Gasteiger partial charge on any atom is 0.272 e. The molecule has 2 N–H and O–H groups in total. The predicted octanol–water partition coefficient (Wildman–Crippen LogP) is 5.52.